The van der Waals surface area contributed by atoms with Crippen LogP contribution < -0.4 is 5.32 Å². The van der Waals surface area contributed by atoms with Crippen LogP contribution in [-0.2, 0) is 9.53 Å². The Balaban J connectivity index is 2.50. The van der Waals surface area contributed by atoms with Gasteiger partial charge in [0.2, 0.25) is 5.91 Å². The van der Waals surface area contributed by atoms with Crippen molar-refractivity contribution in [1.29, 1.82) is 0 Å². The van der Waals surface area contributed by atoms with Crippen molar-refractivity contribution in [1.82, 2.24) is 5.32 Å². The van der Waals surface area contributed by atoms with Gasteiger partial charge in [-0.05, 0) is 17.3 Å². The molecule has 5 heteroatoms. The zero-order valence-corrected chi connectivity index (χ0v) is 12.7. The topological polar surface area (TPSA) is 51.5 Å². The molecule has 0 saturated heterocycles. The molecule has 1 unspecified atom stereocenters. The average Bonchev–Trinajstić information content (AvgIpc) is 2.83. The highest BCUT2D eigenvalue weighted by molar-refractivity contribution is 6.84. The highest BCUT2D eigenvalue weighted by Gasteiger charge is 2.34. The molecular formula is C14H19NO3Si. The second-order valence-electron chi connectivity index (χ2n) is 5.57. The molecule has 0 spiro atoms. The number of nitrogens with one attached hydrogen (secondary N) is 1. The number of furan rings is 1. The van der Waals surface area contributed by atoms with Crippen LogP contribution in [0.15, 0.2) is 45.9 Å². The summed E-state index contributed by atoms with van der Waals surface area (Å²) in [6.07, 6.45) is 5.01. The van der Waals surface area contributed by atoms with Crippen molar-refractivity contribution in [2.24, 2.45) is 0 Å². The minimum absolute atomic E-state index is 0.0768. The largest absolute Gasteiger partial charge is 0.504 e. The molecule has 1 aromatic heterocycles. The van der Waals surface area contributed by atoms with Crippen LogP contribution >= 0.6 is 0 Å². The van der Waals surface area contributed by atoms with Crippen LogP contribution in [0.25, 0.3) is 0 Å². The molecule has 4 nitrogen and oxygen atoms in total. The van der Waals surface area contributed by atoms with Crippen LogP contribution in [0.4, 0.5) is 0 Å². The van der Waals surface area contributed by atoms with E-state index in [1.54, 1.807) is 25.7 Å². The van der Waals surface area contributed by atoms with Gasteiger partial charge in [-0.3, -0.25) is 4.79 Å². The van der Waals surface area contributed by atoms with Gasteiger partial charge in [0.1, 0.15) is 11.8 Å². The first-order valence-electron chi connectivity index (χ1n) is 6.23. The summed E-state index contributed by atoms with van der Waals surface area (Å²) in [5.74, 6) is 0.646. The fraction of sp³-hybridized carbons (Fsp3) is 0.357. The first kappa shape index (κ1) is 13.7. The van der Waals surface area contributed by atoms with Crippen molar-refractivity contribution in [2.45, 2.75) is 25.7 Å². The molecule has 1 aliphatic rings. The van der Waals surface area contributed by atoms with Crippen molar-refractivity contribution in [2.75, 3.05) is 7.11 Å². The van der Waals surface area contributed by atoms with Gasteiger partial charge in [-0.15, -0.1) is 0 Å². The second-order valence-corrected chi connectivity index (χ2v) is 10.6. The lowest BCUT2D eigenvalue weighted by Gasteiger charge is -2.31. The summed E-state index contributed by atoms with van der Waals surface area (Å²) in [4.78, 5) is 11.9. The SMILES string of the molecule is CO/C=C1\C([Si](C)(C)C)=CC(=O)NC1c1ccco1. The zero-order valence-electron chi connectivity index (χ0n) is 11.7. The van der Waals surface area contributed by atoms with Crippen LogP contribution in [0.5, 0.6) is 0 Å². The first-order valence-corrected chi connectivity index (χ1v) is 9.73. The van der Waals surface area contributed by atoms with E-state index in [9.17, 15) is 4.79 Å². The van der Waals surface area contributed by atoms with Crippen LogP contribution in [0.2, 0.25) is 19.6 Å². The average molecular weight is 277 g/mol. The van der Waals surface area contributed by atoms with Gasteiger partial charge in [0.05, 0.1) is 27.7 Å². The lowest BCUT2D eigenvalue weighted by molar-refractivity contribution is -0.117. The van der Waals surface area contributed by atoms with E-state index >= 15 is 0 Å². The number of methoxy groups -OCH3 is 1. The number of carbonyl (C=O) groups is 1. The predicted molar refractivity (Wildman–Crippen MR) is 76.1 cm³/mol. The van der Waals surface area contributed by atoms with Crippen LogP contribution in [0.3, 0.4) is 0 Å². The van der Waals surface area contributed by atoms with E-state index < -0.39 is 8.07 Å². The normalized spacial score (nSPS) is 22.1. The molecule has 0 bridgehead atoms. The molecule has 1 atom stereocenters. The lowest BCUT2D eigenvalue weighted by Crippen LogP contribution is -2.39. The molecule has 2 rings (SSSR count). The Kier molecular flexibility index (Phi) is 3.66. The fourth-order valence-corrected chi connectivity index (χ4v) is 3.85. The lowest BCUT2D eigenvalue weighted by atomic mass is 10.0. The summed E-state index contributed by atoms with van der Waals surface area (Å²) < 4.78 is 10.6. The van der Waals surface area contributed by atoms with E-state index in [0.717, 1.165) is 16.5 Å². The van der Waals surface area contributed by atoms with Gasteiger partial charge in [0.25, 0.3) is 0 Å². The number of ether oxygens (including phenoxy) is 1. The van der Waals surface area contributed by atoms with Crippen molar-refractivity contribution in [3.63, 3.8) is 0 Å². The monoisotopic (exact) mass is 277 g/mol. The highest BCUT2D eigenvalue weighted by atomic mass is 28.3. The fourth-order valence-electron chi connectivity index (χ4n) is 2.22. The summed E-state index contributed by atoms with van der Waals surface area (Å²) in [5.41, 5.74) is 0.983. The molecule has 1 aliphatic heterocycles. The Morgan fingerprint density at radius 2 is 2.16 bits per heavy atom. The maximum absolute atomic E-state index is 11.9. The maximum Gasteiger partial charge on any atom is 0.244 e. The van der Waals surface area contributed by atoms with Crippen molar-refractivity contribution in [3.05, 3.63) is 47.3 Å². The van der Waals surface area contributed by atoms with E-state index in [1.807, 2.05) is 12.1 Å². The third kappa shape index (κ3) is 2.81. The number of amides is 1. The van der Waals surface area contributed by atoms with E-state index in [-0.39, 0.29) is 11.9 Å². The number of hydrogen-bond acceptors (Lipinski definition) is 3. The Morgan fingerprint density at radius 1 is 1.42 bits per heavy atom. The van der Waals surface area contributed by atoms with E-state index in [0.29, 0.717) is 0 Å². The smallest absolute Gasteiger partial charge is 0.244 e. The number of hydrogen-bond donors (Lipinski definition) is 1. The minimum Gasteiger partial charge on any atom is -0.504 e. The Labute approximate surface area is 114 Å². The van der Waals surface area contributed by atoms with Gasteiger partial charge in [0.15, 0.2) is 0 Å². The van der Waals surface area contributed by atoms with Gasteiger partial charge in [-0.2, -0.15) is 0 Å². The van der Waals surface area contributed by atoms with Gasteiger partial charge in [-0.25, -0.2) is 0 Å². The van der Waals surface area contributed by atoms with Crippen LogP contribution in [0.1, 0.15) is 11.8 Å². The standard InChI is InChI=1S/C14H19NO3Si/c1-17-9-10-12(19(2,3)4)8-13(16)15-14(10)11-6-5-7-18-11/h5-9,14H,1-4H3,(H,15,16)/b10-9+. The molecular weight excluding hydrogens is 258 g/mol. The van der Waals surface area contributed by atoms with E-state index in [4.69, 9.17) is 9.15 Å². The minimum atomic E-state index is -1.64. The zero-order chi connectivity index (χ0) is 14.0. The second kappa shape index (κ2) is 5.09. The summed E-state index contributed by atoms with van der Waals surface area (Å²) in [5, 5.41) is 4.02. The van der Waals surface area contributed by atoms with Gasteiger partial charge >= 0.3 is 0 Å². The number of carbonyl (C=O) groups excluding carboxylic acids is 1. The van der Waals surface area contributed by atoms with E-state index in [2.05, 4.69) is 25.0 Å². The summed E-state index contributed by atoms with van der Waals surface area (Å²) in [6.45, 7) is 6.63. The quantitative estimate of drug-likeness (QED) is 0.683. The van der Waals surface area contributed by atoms with Gasteiger partial charge in [-0.1, -0.05) is 19.6 Å². The van der Waals surface area contributed by atoms with Crippen molar-refractivity contribution in [3.8, 4) is 0 Å². The molecule has 0 fully saturated rings. The molecule has 19 heavy (non-hydrogen) atoms. The maximum atomic E-state index is 11.9. The Morgan fingerprint density at radius 3 is 2.68 bits per heavy atom. The first-order chi connectivity index (χ1) is 8.93. The predicted octanol–water partition coefficient (Wildman–Crippen LogP) is 2.78. The third-order valence-electron chi connectivity index (χ3n) is 3.06. The summed E-state index contributed by atoms with van der Waals surface area (Å²) in [6, 6.07) is 3.41. The Hall–Kier alpha value is -1.75. The molecule has 1 N–H and O–H groups in total. The van der Waals surface area contributed by atoms with Crippen LogP contribution in [-0.4, -0.2) is 21.1 Å². The summed E-state index contributed by atoms with van der Waals surface area (Å²) >= 11 is 0. The third-order valence-corrected chi connectivity index (χ3v) is 5.11. The molecule has 102 valence electrons. The molecule has 0 saturated carbocycles. The van der Waals surface area contributed by atoms with Gasteiger partial charge < -0.3 is 14.5 Å². The van der Waals surface area contributed by atoms with Gasteiger partial charge in [0, 0.05) is 11.6 Å². The molecule has 1 amide bonds. The summed E-state index contributed by atoms with van der Waals surface area (Å²) in [7, 11) is -0.0269. The molecule has 2 heterocycles. The van der Waals surface area contributed by atoms with Crippen LogP contribution in [0, 0.1) is 0 Å². The van der Waals surface area contributed by atoms with E-state index in [1.165, 1.54) is 0 Å². The van der Waals surface area contributed by atoms with Crippen molar-refractivity contribution >= 4 is 14.0 Å². The number of rotatable bonds is 3. The molecule has 1 aromatic rings. The highest BCUT2D eigenvalue weighted by Crippen LogP contribution is 2.35. The molecule has 0 aromatic carbocycles. The molecule has 0 radical (unpaired) electrons. The molecule has 0 aliphatic carbocycles. The van der Waals surface area contributed by atoms with Crippen molar-refractivity contribution < 1.29 is 13.9 Å². The Bertz CT molecular complexity index is 523.